The van der Waals surface area contributed by atoms with E-state index in [2.05, 4.69) is 4.74 Å². The molecule has 2 fully saturated rings. The van der Waals surface area contributed by atoms with Gasteiger partial charge in [0.2, 0.25) is 0 Å². The molecule has 2 aliphatic rings. The summed E-state index contributed by atoms with van der Waals surface area (Å²) in [6.45, 7) is 2.26. The van der Waals surface area contributed by atoms with E-state index in [0.29, 0.717) is 16.8 Å². The Labute approximate surface area is 242 Å². The van der Waals surface area contributed by atoms with Crippen molar-refractivity contribution in [2.45, 2.75) is 38.6 Å². The van der Waals surface area contributed by atoms with Crippen LogP contribution in [0, 0.1) is 23.5 Å². The van der Waals surface area contributed by atoms with E-state index in [9.17, 15) is 13.6 Å². The van der Waals surface area contributed by atoms with E-state index >= 15 is 0 Å². The summed E-state index contributed by atoms with van der Waals surface area (Å²) < 4.78 is 33.5. The summed E-state index contributed by atoms with van der Waals surface area (Å²) in [5.41, 5.74) is 4.37. The number of methoxy groups -OCH3 is 1. The van der Waals surface area contributed by atoms with Gasteiger partial charge >= 0.3 is 5.97 Å². The minimum atomic E-state index is -0.525. The molecule has 0 aliphatic heterocycles. The lowest BCUT2D eigenvalue weighted by Gasteiger charge is -2.21. The molecule has 5 nitrogen and oxygen atoms in total. The van der Waals surface area contributed by atoms with E-state index in [-0.39, 0.29) is 12.4 Å². The Bertz CT molecular complexity index is 1310. The number of ether oxygens (including phenoxy) is 1. The topological polar surface area (TPSA) is 49.9 Å². The summed E-state index contributed by atoms with van der Waals surface area (Å²) in [6, 6.07) is 17.5. The summed E-state index contributed by atoms with van der Waals surface area (Å²) in [4.78, 5) is 23.0. The van der Waals surface area contributed by atoms with Gasteiger partial charge < -0.3 is 19.3 Å². The van der Waals surface area contributed by atoms with E-state index in [1.165, 1.54) is 49.3 Å². The quantitative estimate of drug-likeness (QED) is 0.220. The third kappa shape index (κ3) is 9.00. The summed E-state index contributed by atoms with van der Waals surface area (Å²) in [5.74, 6) is 1.04. The van der Waals surface area contributed by atoms with Gasteiger partial charge in [0.1, 0.15) is 18.4 Å². The molecule has 41 heavy (non-hydrogen) atoms. The maximum absolute atomic E-state index is 14.9. The van der Waals surface area contributed by atoms with Crippen LogP contribution in [0.15, 0.2) is 66.7 Å². The van der Waals surface area contributed by atoms with Gasteiger partial charge in [-0.2, -0.15) is 0 Å². The zero-order chi connectivity index (χ0) is 29.9. The van der Waals surface area contributed by atoms with E-state index in [1.54, 1.807) is 56.2 Å². The highest BCUT2D eigenvalue weighted by molar-refractivity contribution is 5.87. The van der Waals surface area contributed by atoms with Crippen LogP contribution in [0.3, 0.4) is 0 Å². The zero-order valence-electron chi connectivity index (χ0n) is 24.4. The fourth-order valence-corrected chi connectivity index (χ4v) is 5.47. The molecule has 2 saturated carbocycles. The highest BCUT2D eigenvalue weighted by Gasteiger charge is 2.30. The fourth-order valence-electron chi connectivity index (χ4n) is 5.47. The van der Waals surface area contributed by atoms with Crippen LogP contribution in [0.5, 0.6) is 0 Å². The average molecular weight is 563 g/mol. The first-order valence-corrected chi connectivity index (χ1v) is 13.8. The monoisotopic (exact) mass is 562 g/mol. The van der Waals surface area contributed by atoms with Gasteiger partial charge in [0.05, 0.1) is 7.11 Å². The summed E-state index contributed by atoms with van der Waals surface area (Å²) in [5, 5.41) is 0. The van der Waals surface area contributed by atoms with E-state index in [0.717, 1.165) is 16.8 Å². The van der Waals surface area contributed by atoms with Gasteiger partial charge in [-0.05, 0) is 77.4 Å². The molecule has 2 aliphatic carbocycles. The van der Waals surface area contributed by atoms with Crippen LogP contribution in [0.4, 0.5) is 20.2 Å². The molecule has 0 heterocycles. The largest absolute Gasteiger partial charge is 0.466 e. The number of nitrogens with zero attached hydrogens (tertiary/aromatic N) is 2. The molecule has 0 N–H and O–H groups in total. The lowest BCUT2D eigenvalue weighted by atomic mass is 10.0. The van der Waals surface area contributed by atoms with Gasteiger partial charge in [-0.1, -0.05) is 49.9 Å². The number of carbonyl (C=O) groups excluding carboxylic acids is 2. The minimum absolute atomic E-state index is 0.259. The molecule has 0 saturated heterocycles. The Morgan fingerprint density at radius 3 is 2.00 bits per heavy atom. The first kappa shape index (κ1) is 31.5. The van der Waals surface area contributed by atoms with Crippen molar-refractivity contribution in [2.75, 3.05) is 38.1 Å². The Kier molecular flexibility index (Phi) is 11.6. The molecule has 3 aromatic carbocycles. The highest BCUT2D eigenvalue weighted by atomic mass is 19.1. The number of halogens is 2. The number of benzene rings is 3. The summed E-state index contributed by atoms with van der Waals surface area (Å²) in [7, 11) is 6.97. The molecule has 0 amide bonds. The Hall–Kier alpha value is -4.00. The molecule has 2 bridgehead atoms. The van der Waals surface area contributed by atoms with Crippen LogP contribution in [0.2, 0.25) is 0 Å². The Morgan fingerprint density at radius 2 is 1.49 bits per heavy atom. The van der Waals surface area contributed by atoms with Gasteiger partial charge in [0, 0.05) is 50.7 Å². The lowest BCUT2D eigenvalue weighted by molar-refractivity contribution is -0.134. The molecule has 0 spiro atoms. The van der Waals surface area contributed by atoms with Gasteiger partial charge in [-0.25, -0.2) is 13.6 Å². The van der Waals surface area contributed by atoms with Crippen molar-refractivity contribution in [1.29, 1.82) is 0 Å². The van der Waals surface area contributed by atoms with Crippen LogP contribution in [-0.4, -0.2) is 41.0 Å². The van der Waals surface area contributed by atoms with Gasteiger partial charge in [-0.15, -0.1) is 0 Å². The highest BCUT2D eigenvalue weighted by Crippen LogP contribution is 2.43. The number of anilines is 2. The molecular weight excluding hydrogens is 522 g/mol. The number of fused-ring (bicyclic) bond motifs is 2. The molecular formula is C34H40F2N2O3. The second kappa shape index (κ2) is 15.1. The van der Waals surface area contributed by atoms with Crippen LogP contribution in [-0.2, 0) is 20.9 Å². The maximum Gasteiger partial charge on any atom is 0.330 e. The number of hydrogen-bond donors (Lipinski definition) is 0. The smallest absolute Gasteiger partial charge is 0.330 e. The zero-order valence-corrected chi connectivity index (χ0v) is 24.4. The molecule has 0 radical (unpaired) electrons. The normalized spacial score (nSPS) is 16.8. The SMILES string of the molecule is C1CC2CCC1C2.C=O.COC(=O)/C=C/c1cc(F)cc(N(C)Cc2ccc(-c3ccc(N(C)C)cc3)cc2F)c1. The molecule has 3 aromatic rings. The molecule has 218 valence electrons. The van der Waals surface area contributed by atoms with Gasteiger partial charge in [-0.3, -0.25) is 0 Å². The number of rotatable bonds is 7. The van der Waals surface area contributed by atoms with Gasteiger partial charge in [0.15, 0.2) is 0 Å². The first-order chi connectivity index (χ1) is 19.7. The number of carbonyl (C=O) groups is 2. The molecule has 0 unspecified atom stereocenters. The van der Waals surface area contributed by atoms with Crippen molar-refractivity contribution < 1.29 is 23.1 Å². The molecule has 5 rings (SSSR count). The van der Waals surface area contributed by atoms with Crippen LogP contribution < -0.4 is 9.80 Å². The van der Waals surface area contributed by atoms with Crippen molar-refractivity contribution in [3.8, 4) is 11.1 Å². The first-order valence-electron chi connectivity index (χ1n) is 13.8. The fraction of sp³-hybridized carbons (Fsp3) is 0.353. The van der Waals surface area contributed by atoms with Crippen molar-refractivity contribution in [2.24, 2.45) is 11.8 Å². The third-order valence-corrected chi connectivity index (χ3v) is 7.77. The van der Waals surface area contributed by atoms with Crippen LogP contribution >= 0.6 is 0 Å². The van der Waals surface area contributed by atoms with E-state index in [1.807, 2.05) is 56.1 Å². The molecule has 0 aromatic heterocycles. The summed E-state index contributed by atoms with van der Waals surface area (Å²) in [6.07, 6.45) is 10.5. The minimum Gasteiger partial charge on any atom is -0.466 e. The van der Waals surface area contributed by atoms with Crippen LogP contribution in [0.25, 0.3) is 17.2 Å². The van der Waals surface area contributed by atoms with Crippen molar-refractivity contribution in [1.82, 2.24) is 0 Å². The Morgan fingerprint density at radius 1 is 0.878 bits per heavy atom. The Balaban J connectivity index is 0.000000434. The second-order valence-corrected chi connectivity index (χ2v) is 10.8. The number of esters is 1. The standard InChI is InChI=1S/C26H26F2N2O2.C7H12.CH2O/c1-29(2)23-10-8-19(9-11-23)20-6-7-21(25(28)15-20)17-30(3)24-14-18(13-22(27)16-24)5-12-26(31)32-4;1-2-7-4-3-6(1)5-7;1-2/h5-16H,17H2,1-4H3;6-7H,1-5H2;1H2/b12-5+;;. The molecule has 0 atom stereocenters. The number of hydrogen-bond acceptors (Lipinski definition) is 5. The maximum atomic E-state index is 14.9. The van der Waals surface area contributed by atoms with Crippen molar-refractivity contribution >= 4 is 30.2 Å². The lowest BCUT2D eigenvalue weighted by Crippen LogP contribution is -2.17. The second-order valence-electron chi connectivity index (χ2n) is 10.8. The van der Waals surface area contributed by atoms with Gasteiger partial charge in [0.25, 0.3) is 0 Å². The van der Waals surface area contributed by atoms with Crippen molar-refractivity contribution in [3.63, 3.8) is 0 Å². The third-order valence-electron chi connectivity index (χ3n) is 7.77. The molecule has 7 heteroatoms. The van der Waals surface area contributed by atoms with Crippen molar-refractivity contribution in [3.05, 3.63) is 89.5 Å². The van der Waals surface area contributed by atoms with E-state index in [4.69, 9.17) is 4.79 Å². The average Bonchev–Trinajstić information content (AvgIpc) is 3.65. The predicted octanol–water partition coefficient (Wildman–Crippen LogP) is 7.53. The summed E-state index contributed by atoms with van der Waals surface area (Å²) >= 11 is 0. The predicted molar refractivity (Wildman–Crippen MR) is 163 cm³/mol. The van der Waals surface area contributed by atoms with Crippen LogP contribution in [0.1, 0.15) is 43.2 Å². The van der Waals surface area contributed by atoms with E-state index < -0.39 is 11.8 Å².